The van der Waals surface area contributed by atoms with E-state index in [1.165, 1.54) is 0 Å². The molecule has 1 rings (SSSR count). The van der Waals surface area contributed by atoms with Crippen molar-refractivity contribution in [1.82, 2.24) is 10.6 Å². The van der Waals surface area contributed by atoms with Crippen molar-refractivity contribution in [3.63, 3.8) is 0 Å². The van der Waals surface area contributed by atoms with Crippen LogP contribution in [0.5, 0.6) is 0 Å². The lowest BCUT2D eigenvalue weighted by Gasteiger charge is -2.28. The minimum absolute atomic E-state index is 0.173. The van der Waals surface area contributed by atoms with Crippen molar-refractivity contribution < 1.29 is 19.5 Å². The molecule has 17 heavy (non-hydrogen) atoms. The molecule has 1 unspecified atom stereocenters. The highest BCUT2D eigenvalue weighted by molar-refractivity contribution is 5.93. The van der Waals surface area contributed by atoms with Gasteiger partial charge in [-0.05, 0) is 11.8 Å². The second-order valence-corrected chi connectivity index (χ2v) is 5.30. The van der Waals surface area contributed by atoms with Gasteiger partial charge < -0.3 is 15.7 Å². The maximum absolute atomic E-state index is 11.8. The van der Waals surface area contributed by atoms with Crippen molar-refractivity contribution >= 4 is 17.8 Å². The van der Waals surface area contributed by atoms with Gasteiger partial charge in [-0.3, -0.25) is 9.59 Å². The van der Waals surface area contributed by atoms with Crippen LogP contribution in [-0.4, -0.2) is 35.0 Å². The number of carboxylic acids is 1. The standard InChI is InChI=1S/C11H18N2O4/c1-11(2,3)8(10(16)17)13-9(15)6-4-5-7(14)12-6/h6,8H,4-5H2,1-3H3,(H,12,14)(H,13,15)(H,16,17)/t6?,8-/m1/s1. The number of amides is 2. The minimum Gasteiger partial charge on any atom is -0.480 e. The van der Waals surface area contributed by atoms with Crippen molar-refractivity contribution in [3.8, 4) is 0 Å². The van der Waals surface area contributed by atoms with E-state index >= 15 is 0 Å². The molecule has 1 saturated heterocycles. The summed E-state index contributed by atoms with van der Waals surface area (Å²) in [4.78, 5) is 33.8. The summed E-state index contributed by atoms with van der Waals surface area (Å²) >= 11 is 0. The third-order valence-electron chi connectivity index (χ3n) is 2.71. The van der Waals surface area contributed by atoms with Gasteiger partial charge in [0.05, 0.1) is 0 Å². The van der Waals surface area contributed by atoms with Crippen molar-refractivity contribution in [1.29, 1.82) is 0 Å². The van der Waals surface area contributed by atoms with Crippen LogP contribution in [0, 0.1) is 5.41 Å². The highest BCUT2D eigenvalue weighted by Gasteiger charge is 2.36. The fourth-order valence-corrected chi connectivity index (χ4v) is 1.70. The van der Waals surface area contributed by atoms with Gasteiger partial charge in [0.15, 0.2) is 0 Å². The van der Waals surface area contributed by atoms with Crippen molar-refractivity contribution in [2.75, 3.05) is 0 Å². The predicted molar refractivity (Wildman–Crippen MR) is 60.2 cm³/mol. The fourth-order valence-electron chi connectivity index (χ4n) is 1.70. The fraction of sp³-hybridized carbons (Fsp3) is 0.727. The first-order valence-electron chi connectivity index (χ1n) is 5.54. The second kappa shape index (κ2) is 4.73. The zero-order chi connectivity index (χ0) is 13.2. The SMILES string of the molecule is CC(C)(C)[C@H](NC(=O)C1CCC(=O)N1)C(=O)O. The number of carbonyl (C=O) groups excluding carboxylic acids is 2. The van der Waals surface area contributed by atoms with Gasteiger partial charge in [-0.1, -0.05) is 20.8 Å². The van der Waals surface area contributed by atoms with E-state index < -0.39 is 29.4 Å². The average Bonchev–Trinajstić information content (AvgIpc) is 2.58. The van der Waals surface area contributed by atoms with E-state index in [4.69, 9.17) is 5.11 Å². The average molecular weight is 242 g/mol. The van der Waals surface area contributed by atoms with Crippen LogP contribution in [0.15, 0.2) is 0 Å². The number of carbonyl (C=O) groups is 3. The molecule has 0 bridgehead atoms. The van der Waals surface area contributed by atoms with E-state index in [9.17, 15) is 14.4 Å². The molecule has 0 saturated carbocycles. The number of rotatable bonds is 3. The van der Waals surface area contributed by atoms with Crippen LogP contribution in [-0.2, 0) is 14.4 Å². The maximum atomic E-state index is 11.8. The summed E-state index contributed by atoms with van der Waals surface area (Å²) in [5.74, 6) is -1.68. The molecule has 3 N–H and O–H groups in total. The number of hydrogen-bond acceptors (Lipinski definition) is 3. The lowest BCUT2D eigenvalue weighted by Crippen LogP contribution is -2.53. The molecule has 96 valence electrons. The summed E-state index contributed by atoms with van der Waals surface area (Å²) in [5, 5.41) is 14.0. The largest absolute Gasteiger partial charge is 0.480 e. The molecule has 0 aliphatic carbocycles. The Balaban J connectivity index is 2.65. The first-order chi connectivity index (χ1) is 7.71. The van der Waals surface area contributed by atoms with Gasteiger partial charge in [0.25, 0.3) is 0 Å². The van der Waals surface area contributed by atoms with Crippen LogP contribution >= 0.6 is 0 Å². The van der Waals surface area contributed by atoms with E-state index in [0.717, 1.165) is 0 Å². The second-order valence-electron chi connectivity index (χ2n) is 5.30. The maximum Gasteiger partial charge on any atom is 0.326 e. The third kappa shape index (κ3) is 3.44. The van der Waals surface area contributed by atoms with E-state index in [1.807, 2.05) is 0 Å². The summed E-state index contributed by atoms with van der Waals surface area (Å²) in [6.07, 6.45) is 0.729. The van der Waals surface area contributed by atoms with Crippen molar-refractivity contribution in [3.05, 3.63) is 0 Å². The zero-order valence-electron chi connectivity index (χ0n) is 10.2. The summed E-state index contributed by atoms with van der Waals surface area (Å²) in [6.45, 7) is 5.21. The Morgan fingerprint density at radius 3 is 2.41 bits per heavy atom. The van der Waals surface area contributed by atoms with Crippen LogP contribution in [0.25, 0.3) is 0 Å². The minimum atomic E-state index is -1.07. The molecule has 2 atom stereocenters. The summed E-state index contributed by atoms with van der Waals surface area (Å²) in [7, 11) is 0. The molecule has 0 radical (unpaired) electrons. The molecule has 0 aromatic heterocycles. The van der Waals surface area contributed by atoms with Gasteiger partial charge in [0, 0.05) is 6.42 Å². The highest BCUT2D eigenvalue weighted by atomic mass is 16.4. The summed E-state index contributed by atoms with van der Waals surface area (Å²) in [6, 6.07) is -1.57. The molecule has 1 heterocycles. The van der Waals surface area contributed by atoms with Crippen molar-refractivity contribution in [2.24, 2.45) is 5.41 Å². The molecule has 6 nitrogen and oxygen atoms in total. The van der Waals surface area contributed by atoms with Gasteiger partial charge in [0.2, 0.25) is 11.8 Å². The van der Waals surface area contributed by atoms with Crippen LogP contribution in [0.1, 0.15) is 33.6 Å². The Bertz CT molecular complexity index is 346. The monoisotopic (exact) mass is 242 g/mol. The Hall–Kier alpha value is -1.59. The Labute approximate surface area is 99.8 Å². The summed E-state index contributed by atoms with van der Waals surface area (Å²) in [5.41, 5.74) is -0.579. The van der Waals surface area contributed by atoms with Crippen LogP contribution in [0.4, 0.5) is 0 Å². The molecule has 6 heteroatoms. The van der Waals surface area contributed by atoms with Crippen LogP contribution in [0.3, 0.4) is 0 Å². The van der Waals surface area contributed by atoms with Gasteiger partial charge in [-0.25, -0.2) is 4.79 Å². The normalized spacial score (nSPS) is 21.8. The van der Waals surface area contributed by atoms with Gasteiger partial charge in [-0.2, -0.15) is 0 Å². The molecule has 1 aliphatic heterocycles. The number of carboxylic acid groups (broad SMARTS) is 1. The van der Waals surface area contributed by atoms with Crippen LogP contribution in [0.2, 0.25) is 0 Å². The van der Waals surface area contributed by atoms with Crippen molar-refractivity contribution in [2.45, 2.75) is 45.7 Å². The van der Waals surface area contributed by atoms with E-state index in [1.54, 1.807) is 20.8 Å². The summed E-state index contributed by atoms with van der Waals surface area (Å²) < 4.78 is 0. The van der Waals surface area contributed by atoms with Gasteiger partial charge in [0.1, 0.15) is 12.1 Å². The first kappa shape index (κ1) is 13.5. The van der Waals surface area contributed by atoms with E-state index in [-0.39, 0.29) is 5.91 Å². The Kier molecular flexibility index (Phi) is 3.75. The highest BCUT2D eigenvalue weighted by Crippen LogP contribution is 2.20. The number of aliphatic carboxylic acids is 1. The third-order valence-corrected chi connectivity index (χ3v) is 2.71. The topological polar surface area (TPSA) is 95.5 Å². The number of nitrogens with one attached hydrogen (secondary N) is 2. The molecule has 1 aliphatic rings. The predicted octanol–water partition coefficient (Wildman–Crippen LogP) is -0.119. The van der Waals surface area contributed by atoms with Crippen LogP contribution < -0.4 is 10.6 Å². The molecular weight excluding hydrogens is 224 g/mol. The lowest BCUT2D eigenvalue weighted by atomic mass is 9.86. The number of hydrogen-bond donors (Lipinski definition) is 3. The van der Waals surface area contributed by atoms with E-state index in [2.05, 4.69) is 10.6 Å². The van der Waals surface area contributed by atoms with Gasteiger partial charge >= 0.3 is 5.97 Å². The smallest absolute Gasteiger partial charge is 0.326 e. The van der Waals surface area contributed by atoms with E-state index in [0.29, 0.717) is 12.8 Å². The molecule has 0 aromatic rings. The first-order valence-corrected chi connectivity index (χ1v) is 5.54. The Morgan fingerprint density at radius 2 is 2.06 bits per heavy atom. The lowest BCUT2D eigenvalue weighted by molar-refractivity contribution is -0.145. The molecule has 1 fully saturated rings. The zero-order valence-corrected chi connectivity index (χ0v) is 10.2. The quantitative estimate of drug-likeness (QED) is 0.643. The molecule has 0 spiro atoms. The molecule has 0 aromatic carbocycles. The molecule has 2 amide bonds. The molecular formula is C11H18N2O4. The van der Waals surface area contributed by atoms with Gasteiger partial charge in [-0.15, -0.1) is 0 Å². The Morgan fingerprint density at radius 1 is 1.47 bits per heavy atom.